The summed E-state index contributed by atoms with van der Waals surface area (Å²) in [6.45, 7) is 2.83. The molecule has 1 saturated heterocycles. The van der Waals surface area contributed by atoms with Gasteiger partial charge in [0.1, 0.15) is 5.15 Å². The van der Waals surface area contributed by atoms with Gasteiger partial charge in [0.25, 0.3) is 0 Å². The highest BCUT2D eigenvalue weighted by molar-refractivity contribution is 6.29. The summed E-state index contributed by atoms with van der Waals surface area (Å²) < 4.78 is 0. The zero-order valence-electron chi connectivity index (χ0n) is 15.2. The van der Waals surface area contributed by atoms with Crippen molar-refractivity contribution in [3.05, 3.63) is 70.5 Å². The van der Waals surface area contributed by atoms with Gasteiger partial charge in [-0.3, -0.25) is 4.99 Å². The van der Waals surface area contributed by atoms with Gasteiger partial charge < -0.3 is 10.2 Å². The van der Waals surface area contributed by atoms with Crippen LogP contribution in [0.3, 0.4) is 0 Å². The van der Waals surface area contributed by atoms with Crippen molar-refractivity contribution in [2.75, 3.05) is 26.7 Å². The first kappa shape index (κ1) is 18.5. The number of aliphatic imine (C=N–C) groups is 1. The van der Waals surface area contributed by atoms with E-state index in [1.54, 1.807) is 0 Å². The summed E-state index contributed by atoms with van der Waals surface area (Å²) in [5, 5.41) is 4.00. The first-order valence-corrected chi connectivity index (χ1v) is 9.43. The quantitative estimate of drug-likeness (QED) is 0.503. The standard InChI is InChI=1S/C21H25ClN4/c1-23-21(24-12-9-19-7-8-20(22)25-16-19)26-13-10-18(11-14-26)15-17-5-3-2-4-6-17/h2-8,15-16H,9-14H2,1H3,(H,23,24). The van der Waals surface area contributed by atoms with Crippen LogP contribution < -0.4 is 5.32 Å². The first-order valence-electron chi connectivity index (χ1n) is 9.05. The van der Waals surface area contributed by atoms with E-state index in [1.807, 2.05) is 25.4 Å². The highest BCUT2D eigenvalue weighted by Gasteiger charge is 2.16. The molecule has 2 heterocycles. The van der Waals surface area contributed by atoms with E-state index in [4.69, 9.17) is 11.6 Å². The number of benzene rings is 1. The number of hydrogen-bond acceptors (Lipinski definition) is 2. The Morgan fingerprint density at radius 2 is 1.96 bits per heavy atom. The summed E-state index contributed by atoms with van der Waals surface area (Å²) >= 11 is 5.83. The maximum absolute atomic E-state index is 5.83. The maximum atomic E-state index is 5.83. The van der Waals surface area contributed by atoms with Gasteiger partial charge in [-0.1, -0.05) is 59.6 Å². The fourth-order valence-corrected chi connectivity index (χ4v) is 3.25. The molecule has 0 spiro atoms. The van der Waals surface area contributed by atoms with E-state index in [-0.39, 0.29) is 0 Å². The predicted molar refractivity (Wildman–Crippen MR) is 110 cm³/mol. The number of hydrogen-bond donors (Lipinski definition) is 1. The van der Waals surface area contributed by atoms with Crippen molar-refractivity contribution in [2.45, 2.75) is 19.3 Å². The third-order valence-corrected chi connectivity index (χ3v) is 4.80. The number of aromatic nitrogens is 1. The highest BCUT2D eigenvalue weighted by atomic mass is 35.5. The second-order valence-electron chi connectivity index (χ2n) is 6.41. The summed E-state index contributed by atoms with van der Waals surface area (Å²) in [6, 6.07) is 14.4. The lowest BCUT2D eigenvalue weighted by Gasteiger charge is -2.31. The molecule has 5 heteroatoms. The average Bonchev–Trinajstić information content (AvgIpc) is 2.68. The number of rotatable bonds is 4. The van der Waals surface area contributed by atoms with Gasteiger partial charge in [-0.05, 0) is 36.5 Å². The molecule has 1 aromatic carbocycles. The molecule has 0 amide bonds. The van der Waals surface area contributed by atoms with Crippen LogP contribution in [0.15, 0.2) is 59.2 Å². The number of likely N-dealkylation sites (tertiary alicyclic amines) is 1. The lowest BCUT2D eigenvalue weighted by Crippen LogP contribution is -2.45. The van der Waals surface area contributed by atoms with Crippen molar-refractivity contribution in [2.24, 2.45) is 4.99 Å². The van der Waals surface area contributed by atoms with Crippen LogP contribution in [0.4, 0.5) is 0 Å². The molecule has 0 radical (unpaired) electrons. The summed E-state index contributed by atoms with van der Waals surface area (Å²) in [6.07, 6.45) is 7.21. The topological polar surface area (TPSA) is 40.5 Å². The molecule has 0 aliphatic carbocycles. The van der Waals surface area contributed by atoms with Crippen LogP contribution in [-0.2, 0) is 6.42 Å². The number of guanidine groups is 1. The Hall–Kier alpha value is -2.33. The minimum Gasteiger partial charge on any atom is -0.356 e. The molecule has 1 N–H and O–H groups in total. The maximum Gasteiger partial charge on any atom is 0.193 e. The minimum atomic E-state index is 0.533. The van der Waals surface area contributed by atoms with Crippen molar-refractivity contribution in [3.63, 3.8) is 0 Å². The van der Waals surface area contributed by atoms with Crippen molar-refractivity contribution in [1.82, 2.24) is 15.2 Å². The van der Waals surface area contributed by atoms with Crippen LogP contribution in [0.5, 0.6) is 0 Å². The zero-order valence-corrected chi connectivity index (χ0v) is 15.9. The Morgan fingerprint density at radius 3 is 2.62 bits per heavy atom. The van der Waals surface area contributed by atoms with Crippen LogP contribution in [0.1, 0.15) is 24.0 Å². The van der Waals surface area contributed by atoms with Gasteiger partial charge in [0, 0.05) is 32.9 Å². The molecule has 4 nitrogen and oxygen atoms in total. The second-order valence-corrected chi connectivity index (χ2v) is 6.80. The Balaban J connectivity index is 1.47. The number of nitrogens with one attached hydrogen (secondary N) is 1. The number of pyridine rings is 1. The van der Waals surface area contributed by atoms with E-state index in [1.165, 1.54) is 16.7 Å². The van der Waals surface area contributed by atoms with Gasteiger partial charge in [-0.25, -0.2) is 4.98 Å². The summed E-state index contributed by atoms with van der Waals surface area (Å²) in [4.78, 5) is 10.9. The van der Waals surface area contributed by atoms with Crippen LogP contribution in [0.25, 0.3) is 6.08 Å². The van der Waals surface area contributed by atoms with E-state index in [9.17, 15) is 0 Å². The van der Waals surface area contributed by atoms with E-state index < -0.39 is 0 Å². The first-order chi connectivity index (χ1) is 12.7. The van der Waals surface area contributed by atoms with E-state index in [0.29, 0.717) is 5.15 Å². The molecule has 26 heavy (non-hydrogen) atoms. The fourth-order valence-electron chi connectivity index (χ4n) is 3.14. The van der Waals surface area contributed by atoms with Gasteiger partial charge in [0.15, 0.2) is 5.96 Å². The van der Waals surface area contributed by atoms with Gasteiger partial charge in [0.2, 0.25) is 0 Å². The van der Waals surface area contributed by atoms with Crippen molar-refractivity contribution in [1.29, 1.82) is 0 Å². The Bertz CT molecular complexity index is 743. The molecule has 0 unspecified atom stereocenters. The van der Waals surface area contributed by atoms with E-state index >= 15 is 0 Å². The summed E-state index contributed by atoms with van der Waals surface area (Å²) in [5.41, 5.74) is 3.97. The lowest BCUT2D eigenvalue weighted by atomic mass is 10.0. The van der Waals surface area contributed by atoms with Crippen LogP contribution in [0.2, 0.25) is 5.15 Å². The largest absolute Gasteiger partial charge is 0.356 e. The number of nitrogens with zero attached hydrogens (tertiary/aromatic N) is 3. The third-order valence-electron chi connectivity index (χ3n) is 4.57. The summed E-state index contributed by atoms with van der Waals surface area (Å²) in [5.74, 6) is 0.977. The smallest absolute Gasteiger partial charge is 0.193 e. The molecule has 1 fully saturated rings. The number of halogens is 1. The normalized spacial score (nSPS) is 15.1. The molecule has 0 atom stereocenters. The Kier molecular flexibility index (Phi) is 6.67. The molecule has 1 aromatic heterocycles. The zero-order chi connectivity index (χ0) is 18.2. The molecule has 0 saturated carbocycles. The van der Waals surface area contributed by atoms with Crippen molar-refractivity contribution in [3.8, 4) is 0 Å². The molecule has 0 bridgehead atoms. The number of piperidine rings is 1. The van der Waals surface area contributed by atoms with Gasteiger partial charge >= 0.3 is 0 Å². The van der Waals surface area contributed by atoms with E-state index in [0.717, 1.165) is 44.9 Å². The van der Waals surface area contributed by atoms with Crippen molar-refractivity contribution < 1.29 is 0 Å². The molecule has 2 aromatic rings. The van der Waals surface area contributed by atoms with Gasteiger partial charge in [0.05, 0.1) is 0 Å². The Morgan fingerprint density at radius 1 is 1.19 bits per heavy atom. The summed E-state index contributed by atoms with van der Waals surface area (Å²) in [7, 11) is 1.85. The molecular weight excluding hydrogens is 344 g/mol. The third kappa shape index (κ3) is 5.33. The van der Waals surface area contributed by atoms with Crippen LogP contribution >= 0.6 is 11.6 Å². The van der Waals surface area contributed by atoms with Crippen molar-refractivity contribution >= 4 is 23.6 Å². The SMILES string of the molecule is CN=C(NCCc1ccc(Cl)nc1)N1CCC(=Cc2ccccc2)CC1. The Labute approximate surface area is 160 Å². The van der Waals surface area contributed by atoms with Gasteiger partial charge in [-0.15, -0.1) is 0 Å². The monoisotopic (exact) mass is 368 g/mol. The molecule has 1 aliphatic rings. The second kappa shape index (κ2) is 9.39. The highest BCUT2D eigenvalue weighted by Crippen LogP contribution is 2.19. The predicted octanol–water partition coefficient (Wildman–Crippen LogP) is 4.03. The minimum absolute atomic E-state index is 0.533. The molecular formula is C21H25ClN4. The molecule has 3 rings (SSSR count). The van der Waals surface area contributed by atoms with Crippen LogP contribution in [0, 0.1) is 0 Å². The van der Waals surface area contributed by atoms with Crippen LogP contribution in [-0.4, -0.2) is 42.5 Å². The molecule has 136 valence electrons. The van der Waals surface area contributed by atoms with E-state index in [2.05, 4.69) is 56.6 Å². The average molecular weight is 369 g/mol. The van der Waals surface area contributed by atoms with Gasteiger partial charge in [-0.2, -0.15) is 0 Å². The molecule has 1 aliphatic heterocycles. The lowest BCUT2D eigenvalue weighted by molar-refractivity contribution is 0.376. The fraction of sp³-hybridized carbons (Fsp3) is 0.333.